The summed E-state index contributed by atoms with van der Waals surface area (Å²) in [6, 6.07) is 12.3. The second kappa shape index (κ2) is 5.69. The highest BCUT2D eigenvalue weighted by atomic mass is 35.5. The number of aryl methyl sites for hydroxylation is 1. The number of benzene rings is 2. The Morgan fingerprint density at radius 3 is 2.82 bits per heavy atom. The first-order chi connectivity index (χ1) is 10.5. The summed E-state index contributed by atoms with van der Waals surface area (Å²) < 4.78 is 6.44. The average molecular weight is 317 g/mol. The van der Waals surface area contributed by atoms with Crippen LogP contribution in [0.1, 0.15) is 5.56 Å². The smallest absolute Gasteiger partial charge is 0.408 e. The van der Waals surface area contributed by atoms with Crippen LogP contribution in [0.3, 0.4) is 0 Å². The zero-order chi connectivity index (χ0) is 15.7. The van der Waals surface area contributed by atoms with Crippen molar-refractivity contribution in [3.8, 4) is 0 Å². The maximum absolute atomic E-state index is 12.1. The molecular formula is C16H13ClN2O3. The van der Waals surface area contributed by atoms with Crippen LogP contribution >= 0.6 is 11.6 Å². The largest absolute Gasteiger partial charge is 0.419 e. The van der Waals surface area contributed by atoms with Gasteiger partial charge in [0.1, 0.15) is 0 Å². The highest BCUT2D eigenvalue weighted by Crippen LogP contribution is 2.19. The lowest BCUT2D eigenvalue weighted by Crippen LogP contribution is -2.14. The fourth-order valence-corrected chi connectivity index (χ4v) is 2.43. The van der Waals surface area contributed by atoms with Crippen molar-refractivity contribution >= 4 is 34.3 Å². The average Bonchev–Trinajstić information content (AvgIpc) is 2.77. The van der Waals surface area contributed by atoms with Crippen LogP contribution in [0, 0.1) is 0 Å². The van der Waals surface area contributed by atoms with E-state index in [1.807, 2.05) is 18.2 Å². The normalized spacial score (nSPS) is 10.8. The van der Waals surface area contributed by atoms with E-state index < -0.39 is 5.76 Å². The maximum atomic E-state index is 12.1. The molecule has 2 aromatic carbocycles. The minimum absolute atomic E-state index is 0.180. The van der Waals surface area contributed by atoms with Gasteiger partial charge in [-0.05, 0) is 29.8 Å². The highest BCUT2D eigenvalue weighted by Gasteiger charge is 2.10. The predicted octanol–water partition coefficient (Wildman–Crippen LogP) is 2.97. The minimum atomic E-state index is -0.436. The zero-order valence-corrected chi connectivity index (χ0v) is 12.6. The van der Waals surface area contributed by atoms with Crippen molar-refractivity contribution in [1.29, 1.82) is 0 Å². The maximum Gasteiger partial charge on any atom is 0.419 e. The Labute approximate surface area is 131 Å². The first-order valence-corrected chi connectivity index (χ1v) is 7.05. The van der Waals surface area contributed by atoms with Crippen molar-refractivity contribution in [3.63, 3.8) is 0 Å². The van der Waals surface area contributed by atoms with Gasteiger partial charge in [-0.3, -0.25) is 9.36 Å². The lowest BCUT2D eigenvalue weighted by molar-refractivity contribution is -0.115. The fourth-order valence-electron chi connectivity index (χ4n) is 2.22. The van der Waals surface area contributed by atoms with Gasteiger partial charge in [0.15, 0.2) is 5.58 Å². The molecule has 1 heterocycles. The Bertz CT molecular complexity index is 911. The third kappa shape index (κ3) is 2.76. The molecule has 1 amide bonds. The summed E-state index contributed by atoms with van der Waals surface area (Å²) in [5.74, 6) is -0.615. The number of hydrogen-bond acceptors (Lipinski definition) is 3. The van der Waals surface area contributed by atoms with E-state index in [-0.39, 0.29) is 12.3 Å². The quantitative estimate of drug-likeness (QED) is 0.808. The Morgan fingerprint density at radius 1 is 1.27 bits per heavy atom. The second-order valence-corrected chi connectivity index (χ2v) is 5.33. The van der Waals surface area contributed by atoms with E-state index in [4.69, 9.17) is 16.0 Å². The molecule has 1 N–H and O–H groups in total. The van der Waals surface area contributed by atoms with Crippen molar-refractivity contribution in [2.24, 2.45) is 7.05 Å². The lowest BCUT2D eigenvalue weighted by Gasteiger charge is -2.06. The molecule has 0 unspecified atom stereocenters. The number of amides is 1. The summed E-state index contributed by atoms with van der Waals surface area (Å²) in [4.78, 5) is 23.5. The molecule has 3 rings (SSSR count). The number of fused-ring (bicyclic) bond motifs is 1. The van der Waals surface area contributed by atoms with Crippen LogP contribution in [0.4, 0.5) is 5.69 Å². The van der Waals surface area contributed by atoms with Crippen molar-refractivity contribution in [3.05, 3.63) is 63.6 Å². The van der Waals surface area contributed by atoms with Gasteiger partial charge < -0.3 is 9.73 Å². The molecule has 0 saturated heterocycles. The van der Waals surface area contributed by atoms with E-state index in [0.29, 0.717) is 21.8 Å². The minimum Gasteiger partial charge on any atom is -0.408 e. The molecule has 0 saturated carbocycles. The zero-order valence-electron chi connectivity index (χ0n) is 11.8. The highest BCUT2D eigenvalue weighted by molar-refractivity contribution is 6.31. The molecule has 112 valence electrons. The van der Waals surface area contributed by atoms with Gasteiger partial charge in [0.05, 0.1) is 11.9 Å². The molecule has 5 nitrogen and oxygen atoms in total. The van der Waals surface area contributed by atoms with Crippen molar-refractivity contribution in [2.75, 3.05) is 5.32 Å². The van der Waals surface area contributed by atoms with E-state index in [1.54, 1.807) is 31.3 Å². The van der Waals surface area contributed by atoms with Gasteiger partial charge in [-0.15, -0.1) is 0 Å². The van der Waals surface area contributed by atoms with Gasteiger partial charge in [-0.25, -0.2) is 4.79 Å². The molecule has 0 aliphatic heterocycles. The number of oxazole rings is 1. The summed E-state index contributed by atoms with van der Waals surface area (Å²) in [5.41, 5.74) is 2.47. The van der Waals surface area contributed by atoms with Crippen LogP contribution in [-0.4, -0.2) is 10.5 Å². The van der Waals surface area contributed by atoms with Crippen LogP contribution < -0.4 is 11.1 Å². The summed E-state index contributed by atoms with van der Waals surface area (Å²) >= 11 is 6.04. The summed E-state index contributed by atoms with van der Waals surface area (Å²) in [6.07, 6.45) is 0.183. The van der Waals surface area contributed by atoms with E-state index in [1.165, 1.54) is 4.57 Å². The summed E-state index contributed by atoms with van der Waals surface area (Å²) in [6.45, 7) is 0. The summed E-state index contributed by atoms with van der Waals surface area (Å²) in [7, 11) is 1.61. The van der Waals surface area contributed by atoms with Gasteiger partial charge in [0.25, 0.3) is 0 Å². The molecule has 0 aliphatic rings. The number of anilines is 1. The lowest BCUT2D eigenvalue weighted by atomic mass is 10.1. The van der Waals surface area contributed by atoms with Crippen LogP contribution in [0.15, 0.2) is 51.7 Å². The van der Waals surface area contributed by atoms with E-state index in [9.17, 15) is 9.59 Å². The number of nitrogens with one attached hydrogen (secondary N) is 1. The number of hydrogen-bond donors (Lipinski definition) is 1. The molecule has 0 spiro atoms. The predicted molar refractivity (Wildman–Crippen MR) is 85.2 cm³/mol. The fraction of sp³-hybridized carbons (Fsp3) is 0.125. The number of rotatable bonds is 3. The van der Waals surface area contributed by atoms with E-state index in [2.05, 4.69) is 5.32 Å². The Kier molecular flexibility index (Phi) is 3.73. The molecule has 0 aliphatic carbocycles. The molecule has 0 bridgehead atoms. The Balaban J connectivity index is 1.81. The van der Waals surface area contributed by atoms with Crippen molar-refractivity contribution in [2.45, 2.75) is 6.42 Å². The number of carbonyl (C=O) groups is 1. The number of halogens is 1. The van der Waals surface area contributed by atoms with Gasteiger partial charge in [-0.1, -0.05) is 29.8 Å². The van der Waals surface area contributed by atoms with Gasteiger partial charge in [-0.2, -0.15) is 0 Å². The van der Waals surface area contributed by atoms with Crippen LogP contribution in [-0.2, 0) is 18.3 Å². The van der Waals surface area contributed by atoms with Crippen LogP contribution in [0.2, 0.25) is 5.02 Å². The molecule has 0 radical (unpaired) electrons. The Hall–Kier alpha value is -2.53. The molecule has 0 atom stereocenters. The molecule has 0 fully saturated rings. The first-order valence-electron chi connectivity index (χ1n) is 6.67. The number of carbonyl (C=O) groups excluding carboxylic acids is 1. The standard InChI is InChI=1S/C16H13ClN2O3/c1-19-13-9-11(6-7-14(13)22-16(19)21)18-15(20)8-10-4-2-3-5-12(10)17/h2-7,9H,8H2,1H3,(H,18,20). The third-order valence-electron chi connectivity index (χ3n) is 3.38. The monoisotopic (exact) mass is 316 g/mol. The number of nitrogens with zero attached hydrogens (tertiary/aromatic N) is 1. The molecule has 1 aromatic heterocycles. The molecular weight excluding hydrogens is 304 g/mol. The van der Waals surface area contributed by atoms with Gasteiger partial charge >= 0.3 is 5.76 Å². The van der Waals surface area contributed by atoms with Crippen LogP contribution in [0.25, 0.3) is 11.1 Å². The SMILES string of the molecule is Cn1c(=O)oc2ccc(NC(=O)Cc3ccccc3Cl)cc21. The summed E-state index contributed by atoms with van der Waals surface area (Å²) in [5, 5.41) is 3.35. The number of aromatic nitrogens is 1. The second-order valence-electron chi connectivity index (χ2n) is 4.93. The van der Waals surface area contributed by atoms with Crippen molar-refractivity contribution in [1.82, 2.24) is 4.57 Å². The van der Waals surface area contributed by atoms with Gasteiger partial charge in [0.2, 0.25) is 5.91 Å². The van der Waals surface area contributed by atoms with E-state index in [0.717, 1.165) is 5.56 Å². The molecule has 22 heavy (non-hydrogen) atoms. The van der Waals surface area contributed by atoms with E-state index >= 15 is 0 Å². The van der Waals surface area contributed by atoms with Crippen molar-refractivity contribution < 1.29 is 9.21 Å². The Morgan fingerprint density at radius 2 is 2.05 bits per heavy atom. The molecule has 6 heteroatoms. The topological polar surface area (TPSA) is 64.2 Å². The van der Waals surface area contributed by atoms with Gasteiger partial charge in [0, 0.05) is 17.8 Å². The van der Waals surface area contributed by atoms with Crippen LogP contribution in [0.5, 0.6) is 0 Å². The molecule has 3 aromatic rings. The third-order valence-corrected chi connectivity index (χ3v) is 3.75. The first kappa shape index (κ1) is 14.4.